The Kier molecular flexibility index (Phi) is 5.20. The summed E-state index contributed by atoms with van der Waals surface area (Å²) in [6.07, 6.45) is 8.91. The van der Waals surface area contributed by atoms with Gasteiger partial charge in [0.05, 0.1) is 28.3 Å². The largest absolute Gasteiger partial charge is 0.373 e. The number of aryl methyl sites for hydroxylation is 1. The lowest BCUT2D eigenvalue weighted by atomic mass is 10.1. The Labute approximate surface area is 201 Å². The van der Waals surface area contributed by atoms with E-state index in [1.54, 1.807) is 29.3 Å². The number of pyridine rings is 1. The maximum Gasteiger partial charge on any atom is 0.261 e. The van der Waals surface area contributed by atoms with Gasteiger partial charge in [0.2, 0.25) is 0 Å². The fourth-order valence-electron chi connectivity index (χ4n) is 4.83. The van der Waals surface area contributed by atoms with E-state index in [4.69, 9.17) is 4.98 Å². The fraction of sp³-hybridized carbons (Fsp3) is 0.320. The van der Waals surface area contributed by atoms with E-state index in [0.717, 1.165) is 24.1 Å². The van der Waals surface area contributed by atoms with Crippen molar-refractivity contribution < 1.29 is 0 Å². The smallest absolute Gasteiger partial charge is 0.261 e. The number of nitrogens with one attached hydrogen (secondary N) is 3. The number of H-pyrrole nitrogens is 2. The van der Waals surface area contributed by atoms with E-state index in [9.17, 15) is 4.79 Å². The first-order valence-corrected chi connectivity index (χ1v) is 11.9. The molecule has 0 radical (unpaired) electrons. The molecule has 0 amide bonds. The van der Waals surface area contributed by atoms with Crippen LogP contribution in [0.1, 0.15) is 38.1 Å². The lowest BCUT2D eigenvalue weighted by molar-refractivity contribution is 0.578. The first-order chi connectivity index (χ1) is 17.1. The highest BCUT2D eigenvalue weighted by molar-refractivity contribution is 5.96. The van der Waals surface area contributed by atoms with Gasteiger partial charge in [-0.2, -0.15) is 5.10 Å². The topological polar surface area (TPSA) is 120 Å². The highest BCUT2D eigenvalue weighted by atomic mass is 16.1. The summed E-state index contributed by atoms with van der Waals surface area (Å²) in [6.45, 7) is 4.09. The predicted molar refractivity (Wildman–Crippen MR) is 137 cm³/mol. The molecule has 178 valence electrons. The van der Waals surface area contributed by atoms with Crippen molar-refractivity contribution in [2.45, 2.75) is 32.2 Å². The molecule has 5 heterocycles. The van der Waals surface area contributed by atoms with E-state index < -0.39 is 0 Å². The number of benzene rings is 1. The highest BCUT2D eigenvalue weighted by Crippen LogP contribution is 2.33. The molecular formula is C25H27N9O. The van der Waals surface area contributed by atoms with Crippen molar-refractivity contribution in [2.75, 3.05) is 23.3 Å². The average molecular weight is 470 g/mol. The van der Waals surface area contributed by atoms with Crippen molar-refractivity contribution in [3.05, 3.63) is 59.0 Å². The molecule has 6 rings (SSSR count). The van der Waals surface area contributed by atoms with Gasteiger partial charge < -0.3 is 20.2 Å². The van der Waals surface area contributed by atoms with Crippen molar-refractivity contribution in [3.63, 3.8) is 0 Å². The second-order valence-electron chi connectivity index (χ2n) is 9.08. The van der Waals surface area contributed by atoms with Crippen LogP contribution in [-0.2, 0) is 7.05 Å². The zero-order valence-electron chi connectivity index (χ0n) is 19.7. The maximum atomic E-state index is 13.3. The molecule has 1 fully saturated rings. The molecule has 1 aliphatic heterocycles. The molecular weight excluding hydrogens is 442 g/mol. The lowest BCUT2D eigenvalue weighted by Gasteiger charge is -2.28. The summed E-state index contributed by atoms with van der Waals surface area (Å²) in [4.78, 5) is 35.6. The molecule has 1 aliphatic rings. The van der Waals surface area contributed by atoms with Gasteiger partial charge in [-0.25, -0.2) is 15.0 Å². The van der Waals surface area contributed by atoms with Gasteiger partial charge in [-0.3, -0.25) is 9.48 Å². The molecule has 0 saturated carbocycles. The molecule has 35 heavy (non-hydrogen) atoms. The minimum absolute atomic E-state index is 0.246. The average Bonchev–Trinajstić information content (AvgIpc) is 3.47. The molecule has 10 nitrogen and oxygen atoms in total. The minimum atomic E-state index is -0.253. The van der Waals surface area contributed by atoms with Gasteiger partial charge in [-0.05, 0) is 50.5 Å². The van der Waals surface area contributed by atoms with E-state index in [0.29, 0.717) is 33.9 Å². The maximum absolute atomic E-state index is 13.3. The van der Waals surface area contributed by atoms with Crippen LogP contribution in [0, 0.1) is 0 Å². The third-order valence-corrected chi connectivity index (χ3v) is 6.55. The molecule has 0 unspecified atom stereocenters. The van der Waals surface area contributed by atoms with Crippen LogP contribution in [0.4, 0.5) is 11.4 Å². The van der Waals surface area contributed by atoms with E-state index >= 15 is 0 Å². The number of aromatic amines is 2. The van der Waals surface area contributed by atoms with E-state index in [-0.39, 0.29) is 11.6 Å². The highest BCUT2D eigenvalue weighted by Gasteiger charge is 2.23. The number of hydrogen-bond donors (Lipinski definition) is 3. The Morgan fingerprint density at radius 2 is 1.86 bits per heavy atom. The summed E-state index contributed by atoms with van der Waals surface area (Å²) in [6, 6.07) is 7.77. The van der Waals surface area contributed by atoms with Crippen LogP contribution < -0.4 is 15.8 Å². The third kappa shape index (κ3) is 3.90. The molecule has 0 aliphatic carbocycles. The number of hydrogen-bond acceptors (Lipinski definition) is 7. The normalized spacial score (nSPS) is 15.1. The van der Waals surface area contributed by atoms with Crippen LogP contribution in [0.2, 0.25) is 0 Å². The summed E-state index contributed by atoms with van der Waals surface area (Å²) in [5.41, 5.74) is 4.95. The molecule has 3 N–H and O–H groups in total. The molecule has 4 aromatic heterocycles. The monoisotopic (exact) mass is 469 g/mol. The van der Waals surface area contributed by atoms with Gasteiger partial charge in [0.15, 0.2) is 0 Å². The standard InChI is InChI=1S/C25H27N9O/c1-15(23-26-9-6-10-27-23)28-22-20(25(35)31-19-14-33(2)32-21(19)22)24-29-17-8-7-16(13-18(17)30-24)34-11-4-3-5-12-34/h6-10,13-15,28H,3-5,11-12H2,1-2H3,(H,29,30)(H,31,35)/t15-/m1/s1. The Morgan fingerprint density at radius 3 is 2.66 bits per heavy atom. The van der Waals surface area contributed by atoms with Gasteiger partial charge in [-0.15, -0.1) is 0 Å². The van der Waals surface area contributed by atoms with Crippen LogP contribution in [0.3, 0.4) is 0 Å². The summed E-state index contributed by atoms with van der Waals surface area (Å²) in [5, 5.41) is 8.05. The fourth-order valence-corrected chi connectivity index (χ4v) is 4.83. The Morgan fingerprint density at radius 1 is 1.06 bits per heavy atom. The van der Waals surface area contributed by atoms with Crippen LogP contribution in [-0.4, -0.2) is 47.8 Å². The number of aromatic nitrogens is 7. The van der Waals surface area contributed by atoms with Crippen molar-refractivity contribution in [3.8, 4) is 11.4 Å². The summed E-state index contributed by atoms with van der Waals surface area (Å²) in [7, 11) is 1.83. The summed E-state index contributed by atoms with van der Waals surface area (Å²) >= 11 is 0. The molecule has 0 spiro atoms. The van der Waals surface area contributed by atoms with Gasteiger partial charge in [0.25, 0.3) is 5.56 Å². The zero-order chi connectivity index (χ0) is 23.9. The van der Waals surface area contributed by atoms with Crippen LogP contribution in [0.15, 0.2) is 47.7 Å². The first kappa shape index (κ1) is 21.3. The second kappa shape index (κ2) is 8.53. The SMILES string of the molecule is C[C@@H](Nc1c(-c2nc3ccc(N4CCCCC4)cc3[nH]2)c(=O)[nH]c2cn(C)nc12)c1ncccn1. The Bertz CT molecular complexity index is 1560. The molecule has 0 bridgehead atoms. The van der Waals surface area contributed by atoms with E-state index in [2.05, 4.69) is 47.4 Å². The van der Waals surface area contributed by atoms with Crippen molar-refractivity contribution in [2.24, 2.45) is 7.05 Å². The Hall–Kier alpha value is -4.21. The van der Waals surface area contributed by atoms with Gasteiger partial charge in [-0.1, -0.05) is 0 Å². The third-order valence-electron chi connectivity index (χ3n) is 6.55. The van der Waals surface area contributed by atoms with Crippen LogP contribution in [0.25, 0.3) is 33.5 Å². The van der Waals surface area contributed by atoms with Crippen molar-refractivity contribution in [1.29, 1.82) is 0 Å². The second-order valence-corrected chi connectivity index (χ2v) is 9.08. The number of anilines is 2. The van der Waals surface area contributed by atoms with E-state index in [1.807, 2.05) is 20.0 Å². The number of rotatable bonds is 5. The van der Waals surface area contributed by atoms with Crippen molar-refractivity contribution in [1.82, 2.24) is 34.7 Å². The lowest BCUT2D eigenvalue weighted by Crippen LogP contribution is -2.29. The number of fused-ring (bicyclic) bond motifs is 2. The zero-order valence-corrected chi connectivity index (χ0v) is 19.7. The number of nitrogens with zero attached hydrogens (tertiary/aromatic N) is 6. The summed E-state index contributed by atoms with van der Waals surface area (Å²) in [5.74, 6) is 1.12. The summed E-state index contributed by atoms with van der Waals surface area (Å²) < 4.78 is 1.68. The Balaban J connectivity index is 1.47. The molecule has 10 heteroatoms. The van der Waals surface area contributed by atoms with Gasteiger partial charge in [0.1, 0.15) is 22.7 Å². The first-order valence-electron chi connectivity index (χ1n) is 11.9. The van der Waals surface area contributed by atoms with Gasteiger partial charge >= 0.3 is 0 Å². The molecule has 1 atom stereocenters. The van der Waals surface area contributed by atoms with Crippen LogP contribution in [0.5, 0.6) is 0 Å². The predicted octanol–water partition coefficient (Wildman–Crippen LogP) is 3.76. The number of piperidine rings is 1. The molecule has 5 aromatic rings. The quantitative estimate of drug-likeness (QED) is 0.358. The number of imidazole rings is 1. The van der Waals surface area contributed by atoms with Crippen LogP contribution >= 0.6 is 0 Å². The van der Waals surface area contributed by atoms with Crippen molar-refractivity contribution >= 4 is 33.4 Å². The molecule has 1 aromatic carbocycles. The van der Waals surface area contributed by atoms with E-state index in [1.165, 1.54) is 24.9 Å². The van der Waals surface area contributed by atoms with Gasteiger partial charge in [0, 0.05) is 44.4 Å². The minimum Gasteiger partial charge on any atom is -0.373 e. The molecule has 1 saturated heterocycles.